The molecule has 1 aromatic heterocycles. The summed E-state index contributed by atoms with van der Waals surface area (Å²) in [6, 6.07) is 7.11. The molecule has 0 unspecified atom stereocenters. The summed E-state index contributed by atoms with van der Waals surface area (Å²) in [5.41, 5.74) is 2.90. The van der Waals surface area contributed by atoms with Gasteiger partial charge in [0.15, 0.2) is 5.76 Å². The van der Waals surface area contributed by atoms with Crippen molar-refractivity contribution in [3.63, 3.8) is 0 Å². The van der Waals surface area contributed by atoms with Crippen LogP contribution in [-0.2, 0) is 6.42 Å². The first-order valence-electron chi connectivity index (χ1n) is 14.7. The Morgan fingerprint density at radius 1 is 1.07 bits per heavy atom. The fourth-order valence-corrected chi connectivity index (χ4v) is 7.92. The highest BCUT2D eigenvalue weighted by Gasteiger charge is 2.52. The molecule has 6 heteroatoms. The average molecular weight is 559 g/mol. The second-order valence-corrected chi connectivity index (χ2v) is 13.2. The van der Waals surface area contributed by atoms with E-state index in [1.807, 2.05) is 6.08 Å². The van der Waals surface area contributed by atoms with Crippen molar-refractivity contribution in [1.29, 1.82) is 0 Å². The zero-order valence-electron chi connectivity index (χ0n) is 24.6. The van der Waals surface area contributed by atoms with Crippen molar-refractivity contribution < 1.29 is 24.8 Å². The van der Waals surface area contributed by atoms with Gasteiger partial charge in [-0.15, -0.1) is 0 Å². The third kappa shape index (κ3) is 5.13. The summed E-state index contributed by atoms with van der Waals surface area (Å²) in [6.45, 7) is 13.9. The minimum absolute atomic E-state index is 0.0275. The van der Waals surface area contributed by atoms with E-state index in [0.717, 1.165) is 24.8 Å². The Hall–Kier alpha value is -3.67. The number of rotatable bonds is 6. The molecular formula is C35H42O6. The second-order valence-electron chi connectivity index (χ2n) is 13.2. The molecule has 0 saturated heterocycles. The summed E-state index contributed by atoms with van der Waals surface area (Å²) >= 11 is 0. The number of hydrogen-bond acceptors (Lipinski definition) is 6. The Morgan fingerprint density at radius 3 is 2.49 bits per heavy atom. The summed E-state index contributed by atoms with van der Waals surface area (Å²) in [5, 5.41) is 41.8. The molecule has 2 aliphatic carbocycles. The Labute approximate surface area is 241 Å². The molecule has 0 spiro atoms. The molecule has 2 aliphatic rings. The fourth-order valence-electron chi connectivity index (χ4n) is 7.92. The van der Waals surface area contributed by atoms with Gasteiger partial charge in [-0.25, -0.2) is 0 Å². The maximum absolute atomic E-state index is 13.1. The van der Waals surface area contributed by atoms with E-state index >= 15 is 0 Å². The van der Waals surface area contributed by atoms with Crippen LogP contribution in [0.5, 0.6) is 23.0 Å². The monoisotopic (exact) mass is 558 g/mol. The fraction of sp³-hybridized carbons (Fsp3) is 0.457. The summed E-state index contributed by atoms with van der Waals surface area (Å²) < 4.78 is 5.75. The molecule has 4 N–H and O–H groups in total. The summed E-state index contributed by atoms with van der Waals surface area (Å²) in [5.74, 6) is -0.135. The highest BCUT2D eigenvalue weighted by molar-refractivity contribution is 5.89. The molecule has 41 heavy (non-hydrogen) atoms. The lowest BCUT2D eigenvalue weighted by molar-refractivity contribution is -0.0539. The van der Waals surface area contributed by atoms with Gasteiger partial charge in [0.25, 0.3) is 0 Å². The van der Waals surface area contributed by atoms with Gasteiger partial charge >= 0.3 is 0 Å². The van der Waals surface area contributed by atoms with Crippen LogP contribution in [0.3, 0.4) is 0 Å². The smallest absolute Gasteiger partial charge is 0.238 e. The van der Waals surface area contributed by atoms with Crippen molar-refractivity contribution in [3.05, 3.63) is 69.9 Å². The Kier molecular flexibility index (Phi) is 7.47. The first kappa shape index (κ1) is 28.8. The maximum atomic E-state index is 13.1. The van der Waals surface area contributed by atoms with Gasteiger partial charge in [-0.2, -0.15) is 0 Å². The lowest BCUT2D eigenvalue weighted by Gasteiger charge is -2.58. The Balaban J connectivity index is 1.38. The van der Waals surface area contributed by atoms with Crippen LogP contribution < -0.4 is 5.43 Å². The molecule has 5 rings (SSSR count). The summed E-state index contributed by atoms with van der Waals surface area (Å²) in [4.78, 5) is 13.1. The van der Waals surface area contributed by atoms with E-state index < -0.39 is 16.9 Å². The number of hydrogen-bond donors (Lipinski definition) is 4. The second kappa shape index (κ2) is 10.6. The van der Waals surface area contributed by atoms with Crippen molar-refractivity contribution in [3.8, 4) is 34.3 Å². The molecule has 6 nitrogen and oxygen atoms in total. The van der Waals surface area contributed by atoms with E-state index in [4.69, 9.17) is 4.42 Å². The van der Waals surface area contributed by atoms with Gasteiger partial charge in [-0.3, -0.25) is 4.79 Å². The van der Waals surface area contributed by atoms with Crippen LogP contribution in [0, 0.1) is 22.7 Å². The molecule has 2 saturated carbocycles. The first-order valence-corrected chi connectivity index (χ1v) is 14.7. The van der Waals surface area contributed by atoms with E-state index in [2.05, 4.69) is 34.3 Å². The molecule has 2 fully saturated rings. The van der Waals surface area contributed by atoms with E-state index in [0.29, 0.717) is 22.8 Å². The van der Waals surface area contributed by atoms with Gasteiger partial charge < -0.3 is 24.8 Å². The molecule has 0 bridgehead atoms. The molecule has 1 heterocycles. The van der Waals surface area contributed by atoms with Crippen LogP contribution in [0.4, 0.5) is 0 Å². The van der Waals surface area contributed by atoms with Crippen molar-refractivity contribution in [2.24, 2.45) is 22.7 Å². The van der Waals surface area contributed by atoms with Crippen LogP contribution in [0.25, 0.3) is 22.3 Å². The molecule has 218 valence electrons. The van der Waals surface area contributed by atoms with Crippen molar-refractivity contribution in [2.75, 3.05) is 0 Å². The van der Waals surface area contributed by atoms with E-state index in [9.17, 15) is 25.2 Å². The third-order valence-electron chi connectivity index (χ3n) is 10.1. The summed E-state index contributed by atoms with van der Waals surface area (Å²) in [7, 11) is 0. The van der Waals surface area contributed by atoms with Crippen molar-refractivity contribution in [1.82, 2.24) is 0 Å². The Bertz CT molecular complexity index is 1580. The average Bonchev–Trinajstić information content (AvgIpc) is 2.90. The van der Waals surface area contributed by atoms with E-state index in [1.54, 1.807) is 0 Å². The normalized spacial score (nSPS) is 24.4. The van der Waals surface area contributed by atoms with Gasteiger partial charge in [0, 0.05) is 17.2 Å². The van der Waals surface area contributed by atoms with Gasteiger partial charge in [-0.1, -0.05) is 51.0 Å². The summed E-state index contributed by atoms with van der Waals surface area (Å²) in [6.07, 6.45) is 10.3. The zero-order chi connectivity index (χ0) is 29.7. The SMILES string of the molecule is C=C1CC[C@@H]2C(C)(C)CCC[C@@]2(C)[C@H]1CC/C(C)=C/Cc1c(O)cc2oc(-c3ccc(O)cc3)c(O)c(=O)c2c1O. The molecule has 2 aromatic carbocycles. The van der Waals surface area contributed by atoms with Gasteiger partial charge in [0.2, 0.25) is 11.2 Å². The van der Waals surface area contributed by atoms with E-state index in [-0.39, 0.29) is 45.6 Å². The molecule has 0 aliphatic heterocycles. The van der Waals surface area contributed by atoms with E-state index in [1.165, 1.54) is 61.6 Å². The lowest BCUT2D eigenvalue weighted by Crippen LogP contribution is -2.49. The minimum atomic E-state index is -0.789. The molecule has 3 aromatic rings. The number of phenols is 3. The van der Waals surface area contributed by atoms with Gasteiger partial charge in [0.1, 0.15) is 28.2 Å². The number of fused-ring (bicyclic) bond motifs is 2. The zero-order valence-corrected chi connectivity index (χ0v) is 24.6. The topological polar surface area (TPSA) is 111 Å². The molecule has 0 amide bonds. The minimum Gasteiger partial charge on any atom is -0.508 e. The first-order chi connectivity index (χ1) is 19.3. The predicted molar refractivity (Wildman–Crippen MR) is 162 cm³/mol. The van der Waals surface area contributed by atoms with Crippen LogP contribution >= 0.6 is 0 Å². The third-order valence-corrected chi connectivity index (χ3v) is 10.1. The lowest BCUT2D eigenvalue weighted by atomic mass is 9.47. The van der Waals surface area contributed by atoms with Crippen molar-refractivity contribution in [2.45, 2.75) is 79.1 Å². The standard InChI is InChI=1S/C35H42O6/c1-20(8-15-25-21(2)9-16-28-34(3,4)17-6-18-35(25,28)5)7-14-24-26(37)19-27-29(30(24)38)31(39)32(40)33(41-27)22-10-12-23(36)13-11-22/h7,10-13,19,25,28,36-38,40H,2,6,8-9,14-18H2,1,3-5H3/b20-7+/t25-,28+,35-/m0/s1. The van der Waals surface area contributed by atoms with Crippen LogP contribution in [0.2, 0.25) is 0 Å². The van der Waals surface area contributed by atoms with Crippen molar-refractivity contribution >= 4 is 11.0 Å². The quantitative estimate of drug-likeness (QED) is 0.226. The highest BCUT2D eigenvalue weighted by Crippen LogP contribution is 2.61. The number of aromatic hydroxyl groups is 4. The Morgan fingerprint density at radius 2 is 1.78 bits per heavy atom. The van der Waals surface area contributed by atoms with Crippen LogP contribution in [0.1, 0.15) is 78.2 Å². The highest BCUT2D eigenvalue weighted by atomic mass is 16.4. The van der Waals surface area contributed by atoms with Crippen LogP contribution in [0.15, 0.2) is 63.3 Å². The van der Waals surface area contributed by atoms with Crippen LogP contribution in [-0.4, -0.2) is 20.4 Å². The van der Waals surface area contributed by atoms with Gasteiger partial charge in [0.05, 0.1) is 0 Å². The molecule has 3 atom stereocenters. The molecular weight excluding hydrogens is 516 g/mol. The number of allylic oxidation sites excluding steroid dienone is 3. The predicted octanol–water partition coefficient (Wildman–Crippen LogP) is 8.35. The molecule has 0 radical (unpaired) electrons. The maximum Gasteiger partial charge on any atom is 0.238 e. The van der Waals surface area contributed by atoms with Gasteiger partial charge in [-0.05, 0) is 98.8 Å². The number of benzene rings is 2. The largest absolute Gasteiger partial charge is 0.508 e. The number of phenolic OH excluding ortho intramolecular Hbond substituents is 3.